The summed E-state index contributed by atoms with van der Waals surface area (Å²) in [4.78, 5) is 26.0. The minimum Gasteiger partial charge on any atom is -0.464 e. The molecule has 1 N–H and O–H groups in total. The standard InChI is InChI=1S/C19H13Cl2N5O3/c1-29-18(28)15-14(17(27)10-5-3-2-4-6-10)16(26-19(22-15)23-24-25-26)12-8-7-11(20)9-13(12)21/h2-9,16H,1H3,(H,22,23,25). The van der Waals surface area contributed by atoms with Crippen LogP contribution >= 0.6 is 23.2 Å². The van der Waals surface area contributed by atoms with E-state index in [1.807, 2.05) is 0 Å². The molecule has 0 radical (unpaired) electrons. The van der Waals surface area contributed by atoms with E-state index in [0.29, 0.717) is 21.2 Å². The number of fused-ring (bicyclic) bond motifs is 1. The molecule has 0 amide bonds. The Balaban J connectivity index is 1.99. The number of rotatable bonds is 4. The monoisotopic (exact) mass is 429 g/mol. The van der Waals surface area contributed by atoms with Crippen LogP contribution in [-0.2, 0) is 9.53 Å². The summed E-state index contributed by atoms with van der Waals surface area (Å²) < 4.78 is 6.27. The first-order chi connectivity index (χ1) is 14.0. The Bertz CT molecular complexity index is 1140. The third-order valence-corrected chi connectivity index (χ3v) is 5.01. The quantitative estimate of drug-likeness (QED) is 0.501. The predicted octanol–water partition coefficient (Wildman–Crippen LogP) is 3.30. The number of ether oxygens (including phenoxy) is 1. The molecule has 1 aliphatic rings. The van der Waals surface area contributed by atoms with E-state index < -0.39 is 17.8 Å². The van der Waals surface area contributed by atoms with Crippen LogP contribution in [0.25, 0.3) is 0 Å². The van der Waals surface area contributed by atoms with Crippen molar-refractivity contribution < 1.29 is 14.3 Å². The summed E-state index contributed by atoms with van der Waals surface area (Å²) in [7, 11) is 1.23. The number of nitrogens with one attached hydrogen (secondary N) is 1. The Labute approximate surface area is 175 Å². The van der Waals surface area contributed by atoms with Crippen molar-refractivity contribution >= 4 is 40.9 Å². The normalized spacial score (nSPS) is 15.5. The van der Waals surface area contributed by atoms with Crippen LogP contribution in [0.1, 0.15) is 22.0 Å². The van der Waals surface area contributed by atoms with Crippen molar-refractivity contribution in [3.63, 3.8) is 0 Å². The van der Waals surface area contributed by atoms with E-state index in [2.05, 4.69) is 20.8 Å². The Morgan fingerprint density at radius 2 is 1.90 bits per heavy atom. The third kappa shape index (κ3) is 3.37. The highest BCUT2D eigenvalue weighted by Gasteiger charge is 2.39. The molecule has 1 atom stereocenters. The molecule has 146 valence electrons. The van der Waals surface area contributed by atoms with E-state index >= 15 is 0 Å². The van der Waals surface area contributed by atoms with Gasteiger partial charge in [-0.05, 0) is 22.6 Å². The van der Waals surface area contributed by atoms with Crippen molar-refractivity contribution in [2.24, 2.45) is 0 Å². The fraction of sp³-hybridized carbons (Fsp3) is 0.105. The van der Waals surface area contributed by atoms with Crippen molar-refractivity contribution in [1.29, 1.82) is 0 Å². The highest BCUT2D eigenvalue weighted by atomic mass is 35.5. The molecule has 10 heteroatoms. The number of hydrogen-bond donors (Lipinski definition) is 1. The van der Waals surface area contributed by atoms with Crippen LogP contribution in [0.3, 0.4) is 0 Å². The number of carbonyl (C=O) groups excluding carboxylic acids is 2. The second kappa shape index (κ2) is 7.65. The summed E-state index contributed by atoms with van der Waals surface area (Å²) in [5.74, 6) is -0.949. The van der Waals surface area contributed by atoms with E-state index in [1.54, 1.807) is 48.5 Å². The van der Waals surface area contributed by atoms with E-state index in [-0.39, 0.29) is 17.2 Å². The van der Waals surface area contributed by atoms with Crippen molar-refractivity contribution in [3.8, 4) is 0 Å². The molecule has 0 saturated heterocycles. The first kappa shape index (κ1) is 19.1. The molecule has 0 bridgehead atoms. The number of hydrogen-bond acceptors (Lipinski definition) is 7. The van der Waals surface area contributed by atoms with Crippen LogP contribution in [0.5, 0.6) is 0 Å². The van der Waals surface area contributed by atoms with Crippen LogP contribution in [-0.4, -0.2) is 39.1 Å². The summed E-state index contributed by atoms with van der Waals surface area (Å²) in [6.07, 6.45) is 0. The third-order valence-electron chi connectivity index (χ3n) is 4.44. The smallest absolute Gasteiger partial charge is 0.355 e. The zero-order valence-corrected chi connectivity index (χ0v) is 16.5. The molecular weight excluding hydrogens is 417 g/mol. The molecule has 2 aromatic carbocycles. The summed E-state index contributed by atoms with van der Waals surface area (Å²) in [6.45, 7) is 0. The fourth-order valence-corrected chi connectivity index (χ4v) is 3.66. The maximum absolute atomic E-state index is 13.5. The molecule has 1 aromatic heterocycles. The maximum Gasteiger partial charge on any atom is 0.355 e. The molecular formula is C19H13Cl2N5O3. The van der Waals surface area contributed by atoms with Crippen LogP contribution in [0.4, 0.5) is 5.95 Å². The minimum atomic E-state index is -0.868. The summed E-state index contributed by atoms with van der Waals surface area (Å²) >= 11 is 12.5. The lowest BCUT2D eigenvalue weighted by atomic mass is 9.89. The number of anilines is 1. The van der Waals surface area contributed by atoms with Gasteiger partial charge >= 0.3 is 5.97 Å². The van der Waals surface area contributed by atoms with Crippen LogP contribution in [0.15, 0.2) is 59.8 Å². The second-order valence-electron chi connectivity index (χ2n) is 6.12. The molecule has 2 heterocycles. The molecule has 29 heavy (non-hydrogen) atoms. The Morgan fingerprint density at radius 3 is 2.59 bits per heavy atom. The van der Waals surface area contributed by atoms with Crippen LogP contribution in [0, 0.1) is 0 Å². The van der Waals surface area contributed by atoms with Crippen LogP contribution < -0.4 is 5.32 Å². The van der Waals surface area contributed by atoms with E-state index in [1.165, 1.54) is 11.8 Å². The molecule has 0 saturated carbocycles. The average molecular weight is 430 g/mol. The van der Waals surface area contributed by atoms with Gasteiger partial charge in [-0.3, -0.25) is 4.79 Å². The number of Topliss-reactive ketones (excluding diaryl/α,β-unsaturated/α-hetero) is 1. The number of allylic oxidation sites excluding steroid dienone is 1. The molecule has 0 spiro atoms. The Morgan fingerprint density at radius 1 is 1.14 bits per heavy atom. The summed E-state index contributed by atoms with van der Waals surface area (Å²) in [6, 6.07) is 12.5. The zero-order valence-electron chi connectivity index (χ0n) is 15.0. The number of ketones is 1. The molecule has 1 unspecified atom stereocenters. The first-order valence-corrected chi connectivity index (χ1v) is 9.19. The van der Waals surface area contributed by atoms with E-state index in [0.717, 1.165) is 0 Å². The summed E-state index contributed by atoms with van der Waals surface area (Å²) in [5.41, 5.74) is 0.941. The van der Waals surface area contributed by atoms with Gasteiger partial charge in [-0.1, -0.05) is 64.7 Å². The number of tetrazole rings is 1. The highest BCUT2D eigenvalue weighted by Crippen LogP contribution is 2.39. The SMILES string of the molecule is COC(=O)C1=C(C(=O)c2ccccc2)C(c2ccc(Cl)cc2Cl)n2nnnc2N1. The van der Waals surface area contributed by atoms with Crippen molar-refractivity contribution in [2.75, 3.05) is 12.4 Å². The van der Waals surface area contributed by atoms with Crippen molar-refractivity contribution in [2.45, 2.75) is 6.04 Å². The number of halogens is 2. The number of methoxy groups -OCH3 is 1. The molecule has 0 fully saturated rings. The van der Waals surface area contributed by atoms with Crippen molar-refractivity contribution in [3.05, 3.63) is 81.0 Å². The van der Waals surface area contributed by atoms with Gasteiger partial charge in [-0.15, -0.1) is 0 Å². The largest absolute Gasteiger partial charge is 0.464 e. The molecule has 3 aromatic rings. The van der Waals surface area contributed by atoms with Gasteiger partial charge in [0.25, 0.3) is 0 Å². The lowest BCUT2D eigenvalue weighted by Crippen LogP contribution is -2.33. The average Bonchev–Trinajstić information content (AvgIpc) is 3.21. The number of benzene rings is 2. The minimum absolute atomic E-state index is 0.0559. The summed E-state index contributed by atoms with van der Waals surface area (Å²) in [5, 5.41) is 15.1. The Kier molecular flexibility index (Phi) is 5.04. The maximum atomic E-state index is 13.5. The van der Waals surface area contributed by atoms with Crippen LogP contribution in [0.2, 0.25) is 10.0 Å². The first-order valence-electron chi connectivity index (χ1n) is 8.43. The highest BCUT2D eigenvalue weighted by molar-refractivity contribution is 6.35. The fourth-order valence-electron chi connectivity index (χ4n) is 3.14. The number of aromatic nitrogens is 4. The number of nitrogens with zero attached hydrogens (tertiary/aromatic N) is 4. The number of esters is 1. The molecule has 8 nitrogen and oxygen atoms in total. The predicted molar refractivity (Wildman–Crippen MR) is 106 cm³/mol. The Hall–Kier alpha value is -3.23. The molecule has 4 rings (SSSR count). The molecule has 1 aliphatic heterocycles. The van der Waals surface area contributed by atoms with Gasteiger partial charge in [-0.25, -0.2) is 4.79 Å². The van der Waals surface area contributed by atoms with Crippen molar-refractivity contribution in [1.82, 2.24) is 20.2 Å². The molecule has 0 aliphatic carbocycles. The van der Waals surface area contributed by atoms with Gasteiger partial charge in [0.05, 0.1) is 12.7 Å². The van der Waals surface area contributed by atoms with Gasteiger partial charge in [-0.2, -0.15) is 4.68 Å². The number of carbonyl (C=O) groups is 2. The lowest BCUT2D eigenvalue weighted by Gasteiger charge is -2.28. The zero-order chi connectivity index (χ0) is 20.5. The van der Waals surface area contributed by atoms with Gasteiger partial charge in [0, 0.05) is 21.2 Å². The van der Waals surface area contributed by atoms with E-state index in [4.69, 9.17) is 27.9 Å². The van der Waals surface area contributed by atoms with Gasteiger partial charge in [0.1, 0.15) is 11.7 Å². The lowest BCUT2D eigenvalue weighted by molar-refractivity contribution is -0.136. The second-order valence-corrected chi connectivity index (χ2v) is 6.96. The van der Waals surface area contributed by atoms with Gasteiger partial charge in [0.15, 0.2) is 5.78 Å². The topological polar surface area (TPSA) is 99.0 Å². The van der Waals surface area contributed by atoms with E-state index in [9.17, 15) is 9.59 Å². The van der Waals surface area contributed by atoms with Gasteiger partial charge in [0.2, 0.25) is 5.95 Å². The van der Waals surface area contributed by atoms with Gasteiger partial charge < -0.3 is 10.1 Å².